The number of carboxylic acids is 1. The predicted molar refractivity (Wildman–Crippen MR) is 63.3 cm³/mol. The highest BCUT2D eigenvalue weighted by Crippen LogP contribution is 2.40. The highest BCUT2D eigenvalue weighted by molar-refractivity contribution is 6.29. The third kappa shape index (κ3) is 2.43. The quantitative estimate of drug-likeness (QED) is 0.854. The molecule has 1 heterocycles. The fraction of sp³-hybridized carbons (Fsp3) is 0.455. The van der Waals surface area contributed by atoms with E-state index in [9.17, 15) is 9.59 Å². The lowest BCUT2D eigenvalue weighted by Gasteiger charge is -2.37. The van der Waals surface area contributed by atoms with E-state index in [1.807, 2.05) is 0 Å². The smallest absolute Gasteiger partial charge is 0.311 e. The molecule has 0 aliphatic heterocycles. The highest BCUT2D eigenvalue weighted by Gasteiger charge is 2.44. The van der Waals surface area contributed by atoms with Gasteiger partial charge in [0, 0.05) is 6.54 Å². The highest BCUT2D eigenvalue weighted by atomic mass is 35.5. The van der Waals surface area contributed by atoms with Gasteiger partial charge in [-0.3, -0.25) is 9.59 Å². The van der Waals surface area contributed by atoms with Crippen LogP contribution in [0.2, 0.25) is 5.15 Å². The second-order valence-corrected chi connectivity index (χ2v) is 4.73. The molecule has 2 rings (SSSR count). The molecule has 96 valence electrons. The maximum atomic E-state index is 11.7. The molecular formula is C11H12ClN3O3. The molecule has 1 aliphatic rings. The van der Waals surface area contributed by atoms with E-state index in [-0.39, 0.29) is 17.4 Å². The Morgan fingerprint density at radius 2 is 2.11 bits per heavy atom. The largest absolute Gasteiger partial charge is 0.481 e. The van der Waals surface area contributed by atoms with Crippen LogP contribution >= 0.6 is 11.6 Å². The van der Waals surface area contributed by atoms with E-state index in [0.717, 1.165) is 6.42 Å². The Balaban J connectivity index is 1.96. The van der Waals surface area contributed by atoms with Crippen molar-refractivity contribution in [3.05, 3.63) is 23.2 Å². The van der Waals surface area contributed by atoms with Crippen LogP contribution < -0.4 is 5.32 Å². The number of carbonyl (C=O) groups excluding carboxylic acids is 1. The standard InChI is InChI=1S/C11H12ClN3O3/c12-8-5-13-7(4-14-8)9(16)15-6-11(10(17)18)2-1-3-11/h4-5H,1-3,6H2,(H,15,16)(H,17,18). The second-order valence-electron chi connectivity index (χ2n) is 4.35. The van der Waals surface area contributed by atoms with E-state index in [1.54, 1.807) is 0 Å². The zero-order chi connectivity index (χ0) is 13.2. The lowest BCUT2D eigenvalue weighted by molar-refractivity contribution is -0.153. The molecule has 0 atom stereocenters. The Hall–Kier alpha value is -1.69. The summed E-state index contributed by atoms with van der Waals surface area (Å²) in [4.78, 5) is 30.4. The third-order valence-electron chi connectivity index (χ3n) is 3.20. The molecule has 2 N–H and O–H groups in total. The number of hydrogen-bond acceptors (Lipinski definition) is 4. The van der Waals surface area contributed by atoms with Crippen molar-refractivity contribution < 1.29 is 14.7 Å². The molecule has 6 nitrogen and oxygen atoms in total. The topological polar surface area (TPSA) is 92.2 Å². The van der Waals surface area contributed by atoms with Gasteiger partial charge in [-0.05, 0) is 12.8 Å². The van der Waals surface area contributed by atoms with Crippen LogP contribution in [0.3, 0.4) is 0 Å². The zero-order valence-corrected chi connectivity index (χ0v) is 10.3. The molecule has 0 unspecified atom stereocenters. The molecule has 0 bridgehead atoms. The summed E-state index contributed by atoms with van der Waals surface area (Å²) in [7, 11) is 0. The molecule has 0 radical (unpaired) electrons. The van der Waals surface area contributed by atoms with Crippen LogP contribution in [0.5, 0.6) is 0 Å². The molecule has 0 spiro atoms. The Bertz CT molecular complexity index is 471. The van der Waals surface area contributed by atoms with Gasteiger partial charge in [0.2, 0.25) is 0 Å². The summed E-state index contributed by atoms with van der Waals surface area (Å²) < 4.78 is 0. The van der Waals surface area contributed by atoms with Gasteiger partial charge in [-0.25, -0.2) is 9.97 Å². The molecule has 1 aromatic rings. The van der Waals surface area contributed by atoms with Crippen LogP contribution in [-0.2, 0) is 4.79 Å². The van der Waals surface area contributed by atoms with E-state index >= 15 is 0 Å². The number of halogens is 1. The average molecular weight is 270 g/mol. The molecular weight excluding hydrogens is 258 g/mol. The minimum atomic E-state index is -0.865. The number of rotatable bonds is 4. The van der Waals surface area contributed by atoms with Crippen LogP contribution in [0.1, 0.15) is 29.8 Å². The molecule has 0 aromatic carbocycles. The van der Waals surface area contributed by atoms with Gasteiger partial charge in [0.15, 0.2) is 0 Å². The van der Waals surface area contributed by atoms with Crippen LogP contribution in [0.4, 0.5) is 0 Å². The molecule has 1 amide bonds. The number of carboxylic acid groups (broad SMARTS) is 1. The Morgan fingerprint density at radius 3 is 2.56 bits per heavy atom. The maximum absolute atomic E-state index is 11.7. The SMILES string of the molecule is O=C(NCC1(C(=O)O)CCC1)c1cnc(Cl)cn1. The molecule has 7 heteroatoms. The van der Waals surface area contributed by atoms with E-state index in [0.29, 0.717) is 12.8 Å². The first-order valence-electron chi connectivity index (χ1n) is 5.53. The fourth-order valence-corrected chi connectivity index (χ4v) is 1.94. The molecule has 1 aliphatic carbocycles. The van der Waals surface area contributed by atoms with Gasteiger partial charge in [0.1, 0.15) is 10.8 Å². The number of carbonyl (C=O) groups is 2. The summed E-state index contributed by atoms with van der Waals surface area (Å²) in [5.41, 5.74) is -0.686. The van der Waals surface area contributed by atoms with Crippen molar-refractivity contribution in [2.75, 3.05) is 6.54 Å². The zero-order valence-electron chi connectivity index (χ0n) is 9.52. The Labute approximate surface area is 108 Å². The van der Waals surface area contributed by atoms with Crippen molar-refractivity contribution in [1.29, 1.82) is 0 Å². The van der Waals surface area contributed by atoms with Crippen molar-refractivity contribution in [2.24, 2.45) is 5.41 Å². The van der Waals surface area contributed by atoms with Crippen LogP contribution in [0.15, 0.2) is 12.4 Å². The molecule has 0 saturated heterocycles. The third-order valence-corrected chi connectivity index (χ3v) is 3.40. The summed E-state index contributed by atoms with van der Waals surface area (Å²) >= 11 is 5.56. The minimum Gasteiger partial charge on any atom is -0.481 e. The van der Waals surface area contributed by atoms with Crippen molar-refractivity contribution in [1.82, 2.24) is 15.3 Å². The van der Waals surface area contributed by atoms with Gasteiger partial charge in [0.05, 0.1) is 17.8 Å². The monoisotopic (exact) mass is 269 g/mol. The van der Waals surface area contributed by atoms with Crippen molar-refractivity contribution in [3.8, 4) is 0 Å². The minimum absolute atomic E-state index is 0.117. The summed E-state index contributed by atoms with van der Waals surface area (Å²) in [6.45, 7) is 0.117. The van der Waals surface area contributed by atoms with Gasteiger partial charge < -0.3 is 10.4 Å². The van der Waals surface area contributed by atoms with Gasteiger partial charge in [0.25, 0.3) is 5.91 Å². The van der Waals surface area contributed by atoms with Crippen molar-refractivity contribution in [2.45, 2.75) is 19.3 Å². The van der Waals surface area contributed by atoms with Crippen LogP contribution in [-0.4, -0.2) is 33.5 Å². The number of hydrogen-bond donors (Lipinski definition) is 2. The molecule has 1 saturated carbocycles. The van der Waals surface area contributed by atoms with Gasteiger partial charge >= 0.3 is 5.97 Å². The Morgan fingerprint density at radius 1 is 1.39 bits per heavy atom. The molecule has 1 aromatic heterocycles. The van der Waals surface area contributed by atoms with Gasteiger partial charge in [-0.2, -0.15) is 0 Å². The first kappa shape index (κ1) is 12.8. The van der Waals surface area contributed by atoms with Gasteiger partial charge in [-0.1, -0.05) is 18.0 Å². The van der Waals surface area contributed by atoms with E-state index in [2.05, 4.69) is 15.3 Å². The first-order chi connectivity index (χ1) is 8.53. The number of nitrogens with zero attached hydrogens (tertiary/aromatic N) is 2. The first-order valence-corrected chi connectivity index (χ1v) is 5.90. The van der Waals surface area contributed by atoms with Crippen LogP contribution in [0, 0.1) is 5.41 Å². The van der Waals surface area contributed by atoms with E-state index in [1.165, 1.54) is 12.4 Å². The van der Waals surface area contributed by atoms with Crippen molar-refractivity contribution in [3.63, 3.8) is 0 Å². The number of aromatic nitrogens is 2. The van der Waals surface area contributed by atoms with Crippen molar-refractivity contribution >= 4 is 23.5 Å². The summed E-state index contributed by atoms with van der Waals surface area (Å²) in [5, 5.41) is 11.9. The van der Waals surface area contributed by atoms with Gasteiger partial charge in [-0.15, -0.1) is 0 Å². The fourth-order valence-electron chi connectivity index (χ4n) is 1.84. The Kier molecular flexibility index (Phi) is 3.47. The number of amides is 1. The lowest BCUT2D eigenvalue weighted by Crippen LogP contribution is -2.47. The average Bonchev–Trinajstić information content (AvgIpc) is 2.27. The van der Waals surface area contributed by atoms with E-state index in [4.69, 9.17) is 16.7 Å². The summed E-state index contributed by atoms with van der Waals surface area (Å²) in [5.74, 6) is -1.30. The van der Waals surface area contributed by atoms with E-state index < -0.39 is 17.3 Å². The second kappa shape index (κ2) is 4.89. The summed E-state index contributed by atoms with van der Waals surface area (Å²) in [6.07, 6.45) is 4.59. The predicted octanol–water partition coefficient (Wildman–Crippen LogP) is 1.11. The molecule has 1 fully saturated rings. The van der Waals surface area contributed by atoms with Crippen LogP contribution in [0.25, 0.3) is 0 Å². The normalized spacial score (nSPS) is 16.7. The lowest BCUT2D eigenvalue weighted by atomic mass is 9.69. The summed E-state index contributed by atoms with van der Waals surface area (Å²) in [6, 6.07) is 0. The maximum Gasteiger partial charge on any atom is 0.311 e. The molecule has 18 heavy (non-hydrogen) atoms. The number of nitrogens with one attached hydrogen (secondary N) is 1. The number of aliphatic carboxylic acids is 1.